The highest BCUT2D eigenvalue weighted by molar-refractivity contribution is 5.96. The highest BCUT2D eigenvalue weighted by atomic mass is 19.1. The third-order valence-electron chi connectivity index (χ3n) is 3.52. The van der Waals surface area contributed by atoms with Crippen LogP contribution < -0.4 is 10.1 Å². The van der Waals surface area contributed by atoms with Crippen LogP contribution in [-0.4, -0.2) is 36.0 Å². The van der Waals surface area contributed by atoms with Gasteiger partial charge in [0.1, 0.15) is 0 Å². The number of hydrogen-bond donors (Lipinski definition) is 1. The van der Waals surface area contributed by atoms with E-state index < -0.39 is 5.82 Å². The maximum Gasteiger partial charge on any atom is 0.222 e. The van der Waals surface area contributed by atoms with Gasteiger partial charge in [0.2, 0.25) is 5.95 Å². The Kier molecular flexibility index (Phi) is 7.23. The van der Waals surface area contributed by atoms with E-state index in [0.29, 0.717) is 30.4 Å². The molecule has 0 bridgehead atoms. The molecule has 0 aliphatic rings. The van der Waals surface area contributed by atoms with Crippen molar-refractivity contribution in [2.75, 3.05) is 25.6 Å². The Morgan fingerprint density at radius 2 is 2.12 bits per heavy atom. The van der Waals surface area contributed by atoms with Crippen LogP contribution in [0.2, 0.25) is 0 Å². The highest BCUT2D eigenvalue weighted by Gasteiger charge is 2.12. The SMILES string of the molecule is COCCCNc1ncc(/C=C(/Oc2ccccc2F)C(C)=O)c(C)n1. The molecular weight excluding hydrogens is 337 g/mol. The summed E-state index contributed by atoms with van der Waals surface area (Å²) in [5.41, 5.74) is 1.29. The molecule has 1 aromatic carbocycles. The van der Waals surface area contributed by atoms with E-state index in [-0.39, 0.29) is 17.3 Å². The van der Waals surface area contributed by atoms with E-state index in [4.69, 9.17) is 9.47 Å². The van der Waals surface area contributed by atoms with E-state index in [1.54, 1.807) is 32.4 Å². The first-order valence-corrected chi connectivity index (χ1v) is 8.22. The fourth-order valence-electron chi connectivity index (χ4n) is 2.11. The number of anilines is 1. The molecule has 0 saturated carbocycles. The first kappa shape index (κ1) is 19.5. The second-order valence-electron chi connectivity index (χ2n) is 5.60. The number of halogens is 1. The fourth-order valence-corrected chi connectivity index (χ4v) is 2.11. The number of nitrogens with one attached hydrogen (secondary N) is 1. The molecule has 0 fully saturated rings. The Morgan fingerprint density at radius 1 is 1.35 bits per heavy atom. The minimum Gasteiger partial charge on any atom is -0.451 e. The predicted molar refractivity (Wildman–Crippen MR) is 97.4 cm³/mol. The Bertz CT molecular complexity index is 793. The minimum atomic E-state index is -0.539. The summed E-state index contributed by atoms with van der Waals surface area (Å²) in [6.07, 6.45) is 3.94. The van der Waals surface area contributed by atoms with E-state index in [2.05, 4.69) is 15.3 Å². The van der Waals surface area contributed by atoms with Crippen LogP contribution in [0.5, 0.6) is 5.75 Å². The van der Waals surface area contributed by atoms with Gasteiger partial charge in [-0.1, -0.05) is 12.1 Å². The Morgan fingerprint density at radius 3 is 2.77 bits per heavy atom. The molecule has 1 heterocycles. The molecule has 2 rings (SSSR count). The van der Waals surface area contributed by atoms with Gasteiger partial charge in [-0.3, -0.25) is 4.79 Å². The van der Waals surface area contributed by atoms with Gasteiger partial charge in [0.25, 0.3) is 0 Å². The van der Waals surface area contributed by atoms with Crippen molar-refractivity contribution < 1.29 is 18.7 Å². The average Bonchev–Trinajstić information content (AvgIpc) is 2.61. The number of allylic oxidation sites excluding steroid dienone is 1. The molecule has 26 heavy (non-hydrogen) atoms. The predicted octanol–water partition coefficient (Wildman–Crippen LogP) is 3.38. The maximum absolute atomic E-state index is 13.8. The molecule has 1 aromatic heterocycles. The maximum atomic E-state index is 13.8. The number of Topliss-reactive ketones (excluding diaryl/α,β-unsaturated/α-hetero) is 1. The average molecular weight is 359 g/mol. The molecule has 0 amide bonds. The van der Waals surface area contributed by atoms with Crippen molar-refractivity contribution in [3.63, 3.8) is 0 Å². The van der Waals surface area contributed by atoms with Crippen molar-refractivity contribution in [1.29, 1.82) is 0 Å². The van der Waals surface area contributed by atoms with Gasteiger partial charge in [0.15, 0.2) is 23.1 Å². The summed E-state index contributed by atoms with van der Waals surface area (Å²) >= 11 is 0. The second kappa shape index (κ2) is 9.62. The van der Waals surface area contributed by atoms with Gasteiger partial charge in [-0.05, 0) is 31.6 Å². The molecule has 0 unspecified atom stereocenters. The van der Waals surface area contributed by atoms with E-state index >= 15 is 0 Å². The van der Waals surface area contributed by atoms with Crippen LogP contribution in [0.25, 0.3) is 6.08 Å². The summed E-state index contributed by atoms with van der Waals surface area (Å²) in [6.45, 7) is 4.50. The van der Waals surface area contributed by atoms with Gasteiger partial charge in [0.05, 0.1) is 5.69 Å². The number of carbonyl (C=O) groups is 1. The van der Waals surface area contributed by atoms with Crippen molar-refractivity contribution in [2.24, 2.45) is 0 Å². The summed E-state index contributed by atoms with van der Waals surface area (Å²) in [7, 11) is 1.65. The first-order chi connectivity index (χ1) is 12.5. The molecule has 7 heteroatoms. The number of ether oxygens (including phenoxy) is 2. The smallest absolute Gasteiger partial charge is 0.222 e. The normalized spacial score (nSPS) is 11.3. The molecule has 0 spiro atoms. The van der Waals surface area contributed by atoms with Gasteiger partial charge < -0.3 is 14.8 Å². The van der Waals surface area contributed by atoms with Crippen LogP contribution in [-0.2, 0) is 9.53 Å². The molecule has 1 N–H and O–H groups in total. The summed E-state index contributed by atoms with van der Waals surface area (Å²) in [5.74, 6) is -0.362. The molecule has 0 aliphatic heterocycles. The lowest BCUT2D eigenvalue weighted by atomic mass is 10.2. The van der Waals surface area contributed by atoms with Crippen molar-refractivity contribution in [3.8, 4) is 5.75 Å². The summed E-state index contributed by atoms with van der Waals surface area (Å²) in [4.78, 5) is 20.4. The molecule has 6 nitrogen and oxygen atoms in total. The van der Waals surface area contributed by atoms with Crippen LogP contribution in [0, 0.1) is 12.7 Å². The van der Waals surface area contributed by atoms with E-state index in [1.165, 1.54) is 25.1 Å². The number of benzene rings is 1. The number of ketones is 1. The molecule has 138 valence electrons. The van der Waals surface area contributed by atoms with Crippen LogP contribution in [0.4, 0.5) is 10.3 Å². The second-order valence-corrected chi connectivity index (χ2v) is 5.60. The monoisotopic (exact) mass is 359 g/mol. The number of aryl methyl sites for hydroxylation is 1. The number of nitrogens with zero attached hydrogens (tertiary/aromatic N) is 2. The zero-order valence-electron chi connectivity index (χ0n) is 15.1. The van der Waals surface area contributed by atoms with Crippen LogP contribution in [0.3, 0.4) is 0 Å². The molecule has 0 saturated heterocycles. The summed E-state index contributed by atoms with van der Waals surface area (Å²) in [5, 5.41) is 3.10. The molecule has 0 atom stereocenters. The number of carbonyl (C=O) groups excluding carboxylic acids is 1. The number of para-hydroxylation sites is 1. The zero-order valence-corrected chi connectivity index (χ0v) is 15.1. The lowest BCUT2D eigenvalue weighted by Gasteiger charge is -2.10. The van der Waals surface area contributed by atoms with Crippen LogP contribution in [0.1, 0.15) is 24.6 Å². The quantitative estimate of drug-likeness (QED) is 0.420. The van der Waals surface area contributed by atoms with Gasteiger partial charge in [-0.15, -0.1) is 0 Å². The van der Waals surface area contributed by atoms with E-state index in [0.717, 1.165) is 6.42 Å². The first-order valence-electron chi connectivity index (χ1n) is 8.22. The number of rotatable bonds is 9. The Balaban J connectivity index is 2.16. The Hall–Kier alpha value is -2.80. The molecular formula is C19H22FN3O3. The molecule has 0 aliphatic carbocycles. The topological polar surface area (TPSA) is 73.3 Å². The summed E-state index contributed by atoms with van der Waals surface area (Å²) in [6, 6.07) is 5.91. The van der Waals surface area contributed by atoms with Gasteiger partial charge in [-0.2, -0.15) is 0 Å². The standard InChI is InChI=1S/C19H22FN3O3/c1-13-15(12-22-19(23-13)21-9-6-10-25-3)11-18(14(2)24)26-17-8-5-4-7-16(17)20/h4-5,7-8,11-12H,6,9-10H2,1-3H3,(H,21,22,23)/b18-11+. The molecule has 2 aromatic rings. The van der Waals surface area contributed by atoms with Crippen molar-refractivity contribution in [1.82, 2.24) is 9.97 Å². The van der Waals surface area contributed by atoms with Crippen molar-refractivity contribution in [3.05, 3.63) is 53.3 Å². The van der Waals surface area contributed by atoms with Crippen LogP contribution in [0.15, 0.2) is 36.2 Å². The number of aromatic nitrogens is 2. The van der Waals surface area contributed by atoms with Crippen LogP contribution >= 0.6 is 0 Å². The van der Waals surface area contributed by atoms with E-state index in [1.807, 2.05) is 0 Å². The lowest BCUT2D eigenvalue weighted by molar-refractivity contribution is -0.115. The van der Waals surface area contributed by atoms with Gasteiger partial charge >= 0.3 is 0 Å². The van der Waals surface area contributed by atoms with E-state index in [9.17, 15) is 9.18 Å². The third-order valence-corrected chi connectivity index (χ3v) is 3.52. The minimum absolute atomic E-state index is 0.0102. The zero-order chi connectivity index (χ0) is 18.9. The Labute approximate surface area is 152 Å². The summed E-state index contributed by atoms with van der Waals surface area (Å²) < 4.78 is 24.2. The largest absolute Gasteiger partial charge is 0.451 e. The van der Waals surface area contributed by atoms with Gasteiger partial charge in [-0.25, -0.2) is 14.4 Å². The highest BCUT2D eigenvalue weighted by Crippen LogP contribution is 2.21. The van der Waals surface area contributed by atoms with Crippen molar-refractivity contribution >= 4 is 17.8 Å². The fraction of sp³-hybridized carbons (Fsp3) is 0.316. The molecule has 0 radical (unpaired) electrons. The lowest BCUT2D eigenvalue weighted by Crippen LogP contribution is -2.09. The third kappa shape index (κ3) is 5.63. The number of hydrogen-bond acceptors (Lipinski definition) is 6. The number of methoxy groups -OCH3 is 1. The van der Waals surface area contributed by atoms with Gasteiger partial charge in [0, 0.05) is 38.9 Å². The van der Waals surface area contributed by atoms with Crippen molar-refractivity contribution in [2.45, 2.75) is 20.3 Å².